The Morgan fingerprint density at radius 2 is 1.93 bits per heavy atom. The van der Waals surface area contributed by atoms with Crippen molar-refractivity contribution < 1.29 is 18.8 Å². The Bertz CT molecular complexity index is 998. The highest BCUT2D eigenvalue weighted by molar-refractivity contribution is 6.32. The van der Waals surface area contributed by atoms with Gasteiger partial charge in [-0.15, -0.1) is 0 Å². The van der Waals surface area contributed by atoms with Crippen molar-refractivity contribution in [2.75, 3.05) is 11.9 Å². The van der Waals surface area contributed by atoms with Crippen LogP contribution in [-0.2, 0) is 15.1 Å². The monoisotopic (exact) mass is 423 g/mol. The molecular formula is C19H16Cl2FN3O3. The molecule has 1 aliphatic rings. The molecule has 0 radical (unpaired) electrons. The molecule has 28 heavy (non-hydrogen) atoms. The number of hydrogen-bond acceptors (Lipinski definition) is 3. The summed E-state index contributed by atoms with van der Waals surface area (Å²) in [6.45, 7) is 2.69. The molecule has 6 nitrogen and oxygen atoms in total. The Kier molecular flexibility index (Phi) is 5.32. The van der Waals surface area contributed by atoms with Gasteiger partial charge in [-0.3, -0.25) is 14.5 Å². The Morgan fingerprint density at radius 3 is 2.61 bits per heavy atom. The van der Waals surface area contributed by atoms with Gasteiger partial charge in [-0.05, 0) is 43.7 Å². The molecule has 0 bridgehead atoms. The van der Waals surface area contributed by atoms with Crippen molar-refractivity contribution in [3.8, 4) is 0 Å². The van der Waals surface area contributed by atoms with Gasteiger partial charge >= 0.3 is 6.03 Å². The highest BCUT2D eigenvalue weighted by atomic mass is 35.5. The summed E-state index contributed by atoms with van der Waals surface area (Å²) in [5.41, 5.74) is -0.122. The van der Waals surface area contributed by atoms with Gasteiger partial charge in [0, 0.05) is 21.3 Å². The maximum absolute atomic E-state index is 13.3. The summed E-state index contributed by atoms with van der Waals surface area (Å²) < 4.78 is 13.3. The van der Waals surface area contributed by atoms with E-state index in [1.54, 1.807) is 25.1 Å². The van der Waals surface area contributed by atoms with E-state index in [0.717, 1.165) is 17.0 Å². The quantitative estimate of drug-likeness (QED) is 0.733. The number of carbonyl (C=O) groups excluding carboxylic acids is 3. The van der Waals surface area contributed by atoms with Crippen LogP contribution in [0, 0.1) is 12.7 Å². The van der Waals surface area contributed by atoms with Crippen molar-refractivity contribution in [1.82, 2.24) is 10.2 Å². The number of nitrogens with zero attached hydrogens (tertiary/aromatic N) is 1. The molecule has 1 saturated heterocycles. The van der Waals surface area contributed by atoms with E-state index in [4.69, 9.17) is 23.2 Å². The maximum Gasteiger partial charge on any atom is 0.325 e. The second kappa shape index (κ2) is 7.41. The summed E-state index contributed by atoms with van der Waals surface area (Å²) in [5, 5.41) is 5.63. The van der Waals surface area contributed by atoms with Gasteiger partial charge in [-0.2, -0.15) is 0 Å². The van der Waals surface area contributed by atoms with Gasteiger partial charge in [0.25, 0.3) is 5.91 Å². The van der Waals surface area contributed by atoms with Crippen LogP contribution in [0.5, 0.6) is 0 Å². The van der Waals surface area contributed by atoms with Gasteiger partial charge in [0.2, 0.25) is 5.91 Å². The van der Waals surface area contributed by atoms with Crippen LogP contribution >= 0.6 is 23.2 Å². The van der Waals surface area contributed by atoms with Crippen LogP contribution in [0.3, 0.4) is 0 Å². The Labute approximate surface area is 170 Å². The van der Waals surface area contributed by atoms with E-state index in [-0.39, 0.29) is 10.6 Å². The van der Waals surface area contributed by atoms with Crippen LogP contribution in [-0.4, -0.2) is 29.3 Å². The highest BCUT2D eigenvalue weighted by Gasteiger charge is 2.50. The number of hydrogen-bond donors (Lipinski definition) is 2. The average molecular weight is 424 g/mol. The molecule has 1 heterocycles. The fourth-order valence-electron chi connectivity index (χ4n) is 2.99. The Hall–Kier alpha value is -2.64. The zero-order valence-corrected chi connectivity index (χ0v) is 16.5. The first-order valence-electron chi connectivity index (χ1n) is 8.28. The van der Waals surface area contributed by atoms with E-state index >= 15 is 0 Å². The molecule has 0 aromatic heterocycles. The first kappa shape index (κ1) is 20.1. The second-order valence-corrected chi connectivity index (χ2v) is 7.35. The molecule has 2 N–H and O–H groups in total. The fourth-order valence-corrected chi connectivity index (χ4v) is 3.53. The van der Waals surface area contributed by atoms with Crippen LogP contribution in [0.25, 0.3) is 0 Å². The maximum atomic E-state index is 13.3. The van der Waals surface area contributed by atoms with Crippen LogP contribution in [0.15, 0.2) is 36.4 Å². The van der Waals surface area contributed by atoms with Gasteiger partial charge < -0.3 is 10.6 Å². The zero-order valence-electron chi connectivity index (χ0n) is 15.0. The number of urea groups is 1. The average Bonchev–Trinajstić information content (AvgIpc) is 2.82. The number of carbonyl (C=O) groups is 3. The molecule has 9 heteroatoms. The summed E-state index contributed by atoms with van der Waals surface area (Å²) in [7, 11) is 0. The third-order valence-electron chi connectivity index (χ3n) is 4.59. The molecule has 2 aromatic carbocycles. The van der Waals surface area contributed by atoms with E-state index in [9.17, 15) is 18.8 Å². The lowest BCUT2D eigenvalue weighted by molar-refractivity contribution is -0.133. The molecule has 0 aliphatic carbocycles. The SMILES string of the molecule is Cc1c(Cl)cccc1NC(=O)CN1C(=O)NC(C)(c2ccc(F)cc2Cl)C1=O. The fraction of sp³-hybridized carbons (Fsp3) is 0.211. The minimum Gasteiger partial charge on any atom is -0.324 e. The third kappa shape index (κ3) is 3.55. The summed E-state index contributed by atoms with van der Waals surface area (Å²) in [5.74, 6) is -1.80. The summed E-state index contributed by atoms with van der Waals surface area (Å²) in [6, 6.07) is 7.80. The number of rotatable bonds is 4. The number of amides is 4. The molecule has 1 fully saturated rings. The van der Waals surface area contributed by atoms with Crippen LogP contribution in [0.4, 0.5) is 14.9 Å². The van der Waals surface area contributed by atoms with E-state index in [1.165, 1.54) is 13.0 Å². The third-order valence-corrected chi connectivity index (χ3v) is 5.31. The zero-order chi connectivity index (χ0) is 20.6. The van der Waals surface area contributed by atoms with Gasteiger partial charge in [-0.1, -0.05) is 35.3 Å². The molecule has 146 valence electrons. The lowest BCUT2D eigenvalue weighted by Crippen LogP contribution is -2.42. The van der Waals surface area contributed by atoms with Crippen molar-refractivity contribution in [2.24, 2.45) is 0 Å². The number of halogens is 3. The van der Waals surface area contributed by atoms with Crippen molar-refractivity contribution in [3.05, 3.63) is 63.4 Å². The van der Waals surface area contributed by atoms with Crippen molar-refractivity contribution in [3.63, 3.8) is 0 Å². The standard InChI is InChI=1S/C19H16Cl2FN3O3/c1-10-13(20)4-3-5-15(10)23-16(26)9-25-17(27)19(2,24-18(25)28)12-7-6-11(22)8-14(12)21/h3-8H,9H2,1-2H3,(H,23,26)(H,24,28). The number of imide groups is 1. The van der Waals surface area contributed by atoms with Gasteiger partial charge in [0.05, 0.1) is 0 Å². The molecule has 0 spiro atoms. The predicted molar refractivity (Wildman–Crippen MR) is 104 cm³/mol. The van der Waals surface area contributed by atoms with Crippen molar-refractivity contribution >= 4 is 46.7 Å². The largest absolute Gasteiger partial charge is 0.325 e. The van der Waals surface area contributed by atoms with Crippen LogP contribution in [0.1, 0.15) is 18.1 Å². The van der Waals surface area contributed by atoms with E-state index < -0.39 is 35.7 Å². The number of nitrogens with one attached hydrogen (secondary N) is 2. The molecule has 1 aliphatic heterocycles. The molecule has 4 amide bonds. The molecule has 0 saturated carbocycles. The molecule has 1 atom stereocenters. The van der Waals surface area contributed by atoms with Gasteiger partial charge in [0.15, 0.2) is 0 Å². The summed E-state index contributed by atoms with van der Waals surface area (Å²) in [6.07, 6.45) is 0. The van der Waals surface area contributed by atoms with E-state index in [2.05, 4.69) is 10.6 Å². The van der Waals surface area contributed by atoms with Crippen LogP contribution in [0.2, 0.25) is 10.0 Å². The Balaban J connectivity index is 1.80. The van der Waals surface area contributed by atoms with Gasteiger partial charge in [-0.25, -0.2) is 9.18 Å². The lowest BCUT2D eigenvalue weighted by Gasteiger charge is -2.23. The van der Waals surface area contributed by atoms with Crippen molar-refractivity contribution in [2.45, 2.75) is 19.4 Å². The highest BCUT2D eigenvalue weighted by Crippen LogP contribution is 2.34. The summed E-state index contributed by atoms with van der Waals surface area (Å²) >= 11 is 12.1. The topological polar surface area (TPSA) is 78.5 Å². The van der Waals surface area contributed by atoms with E-state index in [1.807, 2.05) is 0 Å². The molecule has 1 unspecified atom stereocenters. The van der Waals surface area contributed by atoms with Crippen LogP contribution < -0.4 is 10.6 Å². The normalized spacial score (nSPS) is 19.0. The van der Waals surface area contributed by atoms with E-state index in [0.29, 0.717) is 16.3 Å². The first-order chi connectivity index (χ1) is 13.1. The second-order valence-electron chi connectivity index (χ2n) is 6.53. The van der Waals surface area contributed by atoms with Crippen molar-refractivity contribution in [1.29, 1.82) is 0 Å². The minimum absolute atomic E-state index is 0.00277. The first-order valence-corrected chi connectivity index (χ1v) is 9.03. The number of anilines is 1. The smallest absolute Gasteiger partial charge is 0.324 e. The molecule has 3 rings (SSSR count). The minimum atomic E-state index is -1.51. The molecule has 2 aromatic rings. The summed E-state index contributed by atoms with van der Waals surface area (Å²) in [4.78, 5) is 38.4. The lowest BCUT2D eigenvalue weighted by atomic mass is 9.92. The van der Waals surface area contributed by atoms with Gasteiger partial charge in [0.1, 0.15) is 17.9 Å². The Morgan fingerprint density at radius 1 is 1.21 bits per heavy atom. The predicted octanol–water partition coefficient (Wildman–Crippen LogP) is 3.85. The number of benzene rings is 2. The molecular weight excluding hydrogens is 408 g/mol.